The van der Waals surface area contributed by atoms with Crippen LogP contribution in [0.5, 0.6) is 0 Å². The van der Waals surface area contributed by atoms with Gasteiger partial charge in [0.15, 0.2) is 0 Å². The molecule has 1 aromatic heterocycles. The summed E-state index contributed by atoms with van der Waals surface area (Å²) in [7, 11) is 0. The number of amides is 1. The SMILES string of the molecule is O=C(c1ccc(Cl)cc1F)N1Cc2[nH]cnc2C(c2ccccc2)C1.O=CO. The number of imidazole rings is 1. The lowest BCUT2D eigenvalue weighted by Crippen LogP contribution is -2.39. The molecule has 1 unspecified atom stereocenters. The predicted octanol–water partition coefficient (Wildman–Crippen LogP) is 3.69. The average Bonchev–Trinajstić information content (AvgIpc) is 3.17. The number of rotatable bonds is 2. The van der Waals surface area contributed by atoms with Crippen LogP contribution >= 0.6 is 11.6 Å². The van der Waals surface area contributed by atoms with Crippen molar-refractivity contribution in [2.24, 2.45) is 0 Å². The number of fused-ring (bicyclic) bond motifs is 1. The van der Waals surface area contributed by atoms with Crippen LogP contribution in [0.15, 0.2) is 54.9 Å². The number of nitrogens with one attached hydrogen (secondary N) is 1. The van der Waals surface area contributed by atoms with E-state index in [0.29, 0.717) is 13.1 Å². The van der Waals surface area contributed by atoms with Gasteiger partial charge in [-0.15, -0.1) is 0 Å². The largest absolute Gasteiger partial charge is 0.483 e. The standard InChI is InChI=1S/C19H15ClFN3O.CH2O2/c20-13-6-7-14(16(21)8-13)19(25)24-9-15(12-4-2-1-3-5-12)18-17(10-24)22-11-23-18;2-1-3/h1-8,11,15H,9-10H2,(H,22,23);1H,(H,2,3). The summed E-state index contributed by atoms with van der Waals surface area (Å²) in [6, 6.07) is 14.0. The molecule has 6 nitrogen and oxygen atoms in total. The van der Waals surface area contributed by atoms with Gasteiger partial charge in [0.05, 0.1) is 29.8 Å². The smallest absolute Gasteiger partial charge is 0.290 e. The van der Waals surface area contributed by atoms with Gasteiger partial charge in [-0.05, 0) is 23.8 Å². The first-order valence-electron chi connectivity index (χ1n) is 8.44. The molecule has 0 radical (unpaired) electrons. The van der Waals surface area contributed by atoms with E-state index in [1.807, 2.05) is 30.3 Å². The minimum Gasteiger partial charge on any atom is -0.483 e. The maximum Gasteiger partial charge on any atom is 0.290 e. The van der Waals surface area contributed by atoms with E-state index in [1.165, 1.54) is 12.1 Å². The molecule has 2 aromatic carbocycles. The molecule has 28 heavy (non-hydrogen) atoms. The van der Waals surface area contributed by atoms with Crippen LogP contribution in [0.1, 0.15) is 33.2 Å². The summed E-state index contributed by atoms with van der Waals surface area (Å²) in [4.78, 5) is 30.4. The number of H-pyrrole nitrogens is 1. The molecule has 1 aliphatic heterocycles. The minimum atomic E-state index is -0.607. The minimum absolute atomic E-state index is 0.0270. The third-order valence-corrected chi connectivity index (χ3v) is 4.72. The summed E-state index contributed by atoms with van der Waals surface area (Å²) in [6.07, 6.45) is 1.64. The molecule has 2 N–H and O–H groups in total. The second-order valence-electron chi connectivity index (χ2n) is 6.14. The van der Waals surface area contributed by atoms with Crippen molar-refractivity contribution in [2.45, 2.75) is 12.5 Å². The summed E-state index contributed by atoms with van der Waals surface area (Å²) in [6.45, 7) is 0.572. The zero-order valence-corrected chi connectivity index (χ0v) is 15.4. The molecule has 8 heteroatoms. The number of carbonyl (C=O) groups excluding carboxylic acids is 1. The monoisotopic (exact) mass is 401 g/mol. The Labute approximate surface area is 165 Å². The summed E-state index contributed by atoms with van der Waals surface area (Å²) in [5, 5.41) is 7.16. The molecule has 2 heterocycles. The van der Waals surface area contributed by atoms with Crippen LogP contribution < -0.4 is 0 Å². The van der Waals surface area contributed by atoms with Crippen molar-refractivity contribution in [3.05, 3.63) is 88.2 Å². The van der Waals surface area contributed by atoms with E-state index in [0.717, 1.165) is 23.0 Å². The van der Waals surface area contributed by atoms with E-state index in [1.54, 1.807) is 11.2 Å². The molecule has 144 valence electrons. The first kappa shape index (κ1) is 19.6. The van der Waals surface area contributed by atoms with Gasteiger partial charge in [0, 0.05) is 17.5 Å². The Morgan fingerprint density at radius 1 is 1.29 bits per heavy atom. The van der Waals surface area contributed by atoms with E-state index in [-0.39, 0.29) is 28.9 Å². The van der Waals surface area contributed by atoms with E-state index in [2.05, 4.69) is 9.97 Å². The van der Waals surface area contributed by atoms with Crippen LogP contribution in [0.2, 0.25) is 5.02 Å². The van der Waals surface area contributed by atoms with Gasteiger partial charge in [0.1, 0.15) is 5.82 Å². The first-order chi connectivity index (χ1) is 13.5. The van der Waals surface area contributed by atoms with Crippen molar-refractivity contribution in [1.82, 2.24) is 14.9 Å². The van der Waals surface area contributed by atoms with Crippen molar-refractivity contribution in [1.29, 1.82) is 0 Å². The molecular formula is C20H17ClFN3O3. The van der Waals surface area contributed by atoms with Crippen LogP contribution in [0, 0.1) is 5.82 Å². The van der Waals surface area contributed by atoms with Gasteiger partial charge in [-0.3, -0.25) is 9.59 Å². The number of carbonyl (C=O) groups is 2. The Morgan fingerprint density at radius 3 is 2.68 bits per heavy atom. The number of hydrogen-bond donors (Lipinski definition) is 2. The van der Waals surface area contributed by atoms with Gasteiger partial charge in [0.25, 0.3) is 12.4 Å². The molecule has 0 bridgehead atoms. The lowest BCUT2D eigenvalue weighted by molar-refractivity contribution is -0.122. The average molecular weight is 402 g/mol. The van der Waals surface area contributed by atoms with Gasteiger partial charge < -0.3 is 15.0 Å². The van der Waals surface area contributed by atoms with Crippen LogP contribution in [-0.2, 0) is 11.3 Å². The van der Waals surface area contributed by atoms with Crippen molar-refractivity contribution < 1.29 is 19.1 Å². The summed E-state index contributed by atoms with van der Waals surface area (Å²) < 4.78 is 14.2. The summed E-state index contributed by atoms with van der Waals surface area (Å²) in [5.74, 6) is -1.00. The molecule has 0 saturated carbocycles. The summed E-state index contributed by atoms with van der Waals surface area (Å²) in [5.41, 5.74) is 2.92. The number of aromatic nitrogens is 2. The molecule has 1 atom stereocenters. The maximum atomic E-state index is 14.2. The number of aromatic amines is 1. The fraction of sp³-hybridized carbons (Fsp3) is 0.150. The number of halogens is 2. The number of carboxylic acid groups (broad SMARTS) is 1. The fourth-order valence-electron chi connectivity index (χ4n) is 3.26. The van der Waals surface area contributed by atoms with Crippen LogP contribution in [0.3, 0.4) is 0 Å². The van der Waals surface area contributed by atoms with E-state index < -0.39 is 5.82 Å². The molecule has 0 spiro atoms. The Kier molecular flexibility index (Phi) is 6.06. The Bertz CT molecular complexity index is 978. The number of nitrogens with zero attached hydrogens (tertiary/aromatic N) is 2. The molecule has 0 saturated heterocycles. The number of benzene rings is 2. The predicted molar refractivity (Wildman–Crippen MR) is 102 cm³/mol. The van der Waals surface area contributed by atoms with E-state index in [9.17, 15) is 9.18 Å². The van der Waals surface area contributed by atoms with Gasteiger partial charge in [0.2, 0.25) is 0 Å². The van der Waals surface area contributed by atoms with Crippen molar-refractivity contribution >= 4 is 24.0 Å². The topological polar surface area (TPSA) is 86.3 Å². The second-order valence-corrected chi connectivity index (χ2v) is 6.58. The fourth-order valence-corrected chi connectivity index (χ4v) is 3.42. The third-order valence-electron chi connectivity index (χ3n) is 4.48. The van der Waals surface area contributed by atoms with Crippen LogP contribution in [0.4, 0.5) is 4.39 Å². The van der Waals surface area contributed by atoms with Crippen molar-refractivity contribution in [3.8, 4) is 0 Å². The Morgan fingerprint density at radius 2 is 2.00 bits per heavy atom. The maximum absolute atomic E-state index is 14.2. The van der Waals surface area contributed by atoms with Gasteiger partial charge in [-0.25, -0.2) is 9.37 Å². The van der Waals surface area contributed by atoms with E-state index in [4.69, 9.17) is 21.5 Å². The molecule has 3 aromatic rings. The van der Waals surface area contributed by atoms with E-state index >= 15 is 0 Å². The lowest BCUT2D eigenvalue weighted by Gasteiger charge is -2.32. The third kappa shape index (κ3) is 4.04. The molecular weight excluding hydrogens is 385 g/mol. The highest BCUT2D eigenvalue weighted by Gasteiger charge is 2.32. The second kappa shape index (κ2) is 8.67. The Hall–Kier alpha value is -3.19. The molecule has 4 rings (SSSR count). The lowest BCUT2D eigenvalue weighted by atomic mass is 9.90. The Balaban J connectivity index is 0.000000706. The zero-order valence-electron chi connectivity index (χ0n) is 14.7. The van der Waals surface area contributed by atoms with Gasteiger partial charge in [-0.2, -0.15) is 0 Å². The number of hydrogen-bond acceptors (Lipinski definition) is 3. The molecule has 1 aliphatic rings. The first-order valence-corrected chi connectivity index (χ1v) is 8.82. The van der Waals surface area contributed by atoms with Gasteiger partial charge in [-0.1, -0.05) is 41.9 Å². The highest BCUT2D eigenvalue weighted by Crippen LogP contribution is 2.32. The van der Waals surface area contributed by atoms with Crippen LogP contribution in [0.25, 0.3) is 0 Å². The molecule has 0 fully saturated rings. The highest BCUT2D eigenvalue weighted by atomic mass is 35.5. The quantitative estimate of drug-likeness (QED) is 0.641. The van der Waals surface area contributed by atoms with Crippen molar-refractivity contribution in [3.63, 3.8) is 0 Å². The zero-order chi connectivity index (χ0) is 20.1. The normalized spacial score (nSPS) is 15.2. The molecule has 1 amide bonds. The van der Waals surface area contributed by atoms with Gasteiger partial charge >= 0.3 is 0 Å². The van der Waals surface area contributed by atoms with Crippen LogP contribution in [-0.4, -0.2) is 38.9 Å². The highest BCUT2D eigenvalue weighted by molar-refractivity contribution is 6.30. The molecule has 0 aliphatic carbocycles. The van der Waals surface area contributed by atoms with Crippen molar-refractivity contribution in [2.75, 3.05) is 6.54 Å². The summed E-state index contributed by atoms with van der Waals surface area (Å²) >= 11 is 5.78.